The van der Waals surface area contributed by atoms with Gasteiger partial charge in [0.25, 0.3) is 0 Å². The molecular formula is C18H16ClN3O3S. The zero-order valence-corrected chi connectivity index (χ0v) is 15.3. The third-order valence-electron chi connectivity index (χ3n) is 4.48. The van der Waals surface area contributed by atoms with Crippen molar-refractivity contribution in [2.75, 3.05) is 5.32 Å². The number of rotatable bonds is 4. The Bertz CT molecular complexity index is 890. The van der Waals surface area contributed by atoms with Gasteiger partial charge in [-0.25, -0.2) is 4.98 Å². The van der Waals surface area contributed by atoms with E-state index < -0.39 is 17.8 Å². The number of anilines is 1. The molecule has 1 aliphatic rings. The molecule has 2 N–H and O–H groups in total. The van der Waals surface area contributed by atoms with Crippen LogP contribution in [-0.4, -0.2) is 22.0 Å². The number of carboxylic acids is 1. The fraction of sp³-hybridized carbons (Fsp3) is 0.333. The van der Waals surface area contributed by atoms with Crippen LogP contribution in [0.5, 0.6) is 0 Å². The number of nitrogens with one attached hydrogen (secondary N) is 1. The van der Waals surface area contributed by atoms with E-state index in [0.29, 0.717) is 34.0 Å². The number of hydrogen-bond donors (Lipinski definition) is 2. The third-order valence-corrected chi connectivity index (χ3v) is 5.59. The lowest BCUT2D eigenvalue weighted by atomic mass is 9.79. The van der Waals surface area contributed by atoms with Crippen LogP contribution in [-0.2, 0) is 9.59 Å². The molecule has 2 atom stereocenters. The molecule has 1 aromatic heterocycles. The van der Waals surface area contributed by atoms with E-state index >= 15 is 0 Å². The van der Waals surface area contributed by atoms with E-state index in [9.17, 15) is 20.0 Å². The fourth-order valence-corrected chi connectivity index (χ4v) is 4.20. The van der Waals surface area contributed by atoms with Crippen molar-refractivity contribution < 1.29 is 14.7 Å². The summed E-state index contributed by atoms with van der Waals surface area (Å²) in [4.78, 5) is 28.7. The van der Waals surface area contributed by atoms with Gasteiger partial charge in [-0.3, -0.25) is 9.59 Å². The first-order valence-corrected chi connectivity index (χ1v) is 9.39. The van der Waals surface area contributed by atoms with Crippen molar-refractivity contribution in [3.05, 3.63) is 34.2 Å². The summed E-state index contributed by atoms with van der Waals surface area (Å²) >= 11 is 7.06. The summed E-state index contributed by atoms with van der Waals surface area (Å²) < 4.78 is 0. The Morgan fingerprint density at radius 1 is 1.31 bits per heavy atom. The highest BCUT2D eigenvalue weighted by Gasteiger charge is 2.36. The minimum atomic E-state index is -0.943. The summed E-state index contributed by atoms with van der Waals surface area (Å²) in [6.45, 7) is 0. The number of thiazole rings is 1. The molecule has 2 aromatic rings. The van der Waals surface area contributed by atoms with Crippen molar-refractivity contribution in [3.8, 4) is 17.3 Å². The predicted octanol–water partition coefficient (Wildman–Crippen LogP) is 4.16. The predicted molar refractivity (Wildman–Crippen MR) is 99.0 cm³/mol. The molecule has 26 heavy (non-hydrogen) atoms. The van der Waals surface area contributed by atoms with Gasteiger partial charge in [0.1, 0.15) is 16.6 Å². The van der Waals surface area contributed by atoms with Crippen molar-refractivity contribution in [1.29, 1.82) is 5.26 Å². The highest BCUT2D eigenvalue weighted by atomic mass is 35.5. The highest BCUT2D eigenvalue weighted by molar-refractivity contribution is 7.16. The minimum absolute atomic E-state index is 0.288. The summed E-state index contributed by atoms with van der Waals surface area (Å²) in [6, 6.07) is 9.05. The average molecular weight is 390 g/mol. The Morgan fingerprint density at radius 3 is 2.69 bits per heavy atom. The van der Waals surface area contributed by atoms with E-state index in [0.717, 1.165) is 24.2 Å². The maximum Gasteiger partial charge on any atom is 0.307 e. The number of aliphatic carboxylic acids is 1. The van der Waals surface area contributed by atoms with Gasteiger partial charge in [-0.1, -0.05) is 47.9 Å². The summed E-state index contributed by atoms with van der Waals surface area (Å²) in [5.74, 6) is -2.55. The molecule has 1 amide bonds. The van der Waals surface area contributed by atoms with Gasteiger partial charge < -0.3 is 10.4 Å². The maximum atomic E-state index is 12.6. The molecule has 1 heterocycles. The van der Waals surface area contributed by atoms with Crippen LogP contribution in [0.3, 0.4) is 0 Å². The van der Waals surface area contributed by atoms with Gasteiger partial charge in [0.2, 0.25) is 5.91 Å². The van der Waals surface area contributed by atoms with Gasteiger partial charge in [0.15, 0.2) is 5.13 Å². The number of halogens is 1. The Hall–Kier alpha value is -2.43. The Kier molecular flexibility index (Phi) is 5.55. The van der Waals surface area contributed by atoms with Gasteiger partial charge in [-0.2, -0.15) is 5.26 Å². The number of carbonyl (C=O) groups excluding carboxylic acids is 1. The first kappa shape index (κ1) is 18.4. The first-order chi connectivity index (χ1) is 12.5. The monoisotopic (exact) mass is 389 g/mol. The minimum Gasteiger partial charge on any atom is -0.481 e. The number of carbonyl (C=O) groups is 2. The van der Waals surface area contributed by atoms with Crippen LogP contribution < -0.4 is 5.32 Å². The number of carboxylic acid groups (broad SMARTS) is 1. The van der Waals surface area contributed by atoms with Crippen LogP contribution in [0.4, 0.5) is 5.13 Å². The van der Waals surface area contributed by atoms with E-state index in [1.165, 1.54) is 0 Å². The fourth-order valence-electron chi connectivity index (χ4n) is 3.22. The van der Waals surface area contributed by atoms with Crippen LogP contribution in [0.2, 0.25) is 5.02 Å². The number of nitrogens with zero attached hydrogens (tertiary/aromatic N) is 2. The Labute approximate surface area is 159 Å². The van der Waals surface area contributed by atoms with Crippen LogP contribution in [0.15, 0.2) is 24.3 Å². The molecule has 134 valence electrons. The average Bonchev–Trinajstić information content (AvgIpc) is 3.04. The maximum absolute atomic E-state index is 12.6. The highest BCUT2D eigenvalue weighted by Crippen LogP contribution is 2.34. The van der Waals surface area contributed by atoms with Crippen LogP contribution in [0.25, 0.3) is 11.3 Å². The van der Waals surface area contributed by atoms with E-state index in [-0.39, 0.29) is 11.0 Å². The van der Waals surface area contributed by atoms with Gasteiger partial charge in [-0.05, 0) is 25.0 Å². The van der Waals surface area contributed by atoms with E-state index in [1.807, 2.05) is 0 Å². The SMILES string of the molecule is N#Cc1sc(NC(=O)[C@H]2CCCC[C@@H]2C(=O)O)nc1-c1cccc(Cl)c1. The molecule has 1 aliphatic carbocycles. The van der Waals surface area contributed by atoms with Crippen LogP contribution in [0, 0.1) is 23.2 Å². The van der Waals surface area contributed by atoms with Crippen molar-refractivity contribution in [2.45, 2.75) is 25.7 Å². The number of hydrogen-bond acceptors (Lipinski definition) is 5. The normalized spacial score (nSPS) is 19.5. The largest absolute Gasteiger partial charge is 0.481 e. The smallest absolute Gasteiger partial charge is 0.307 e. The molecule has 0 spiro atoms. The third kappa shape index (κ3) is 3.87. The zero-order chi connectivity index (χ0) is 18.7. The molecule has 0 saturated heterocycles. The number of amides is 1. The lowest BCUT2D eigenvalue weighted by molar-refractivity contribution is -0.147. The molecule has 6 nitrogen and oxygen atoms in total. The summed E-state index contributed by atoms with van der Waals surface area (Å²) in [5.41, 5.74) is 1.14. The molecule has 1 fully saturated rings. The van der Waals surface area contributed by atoms with E-state index in [4.69, 9.17) is 11.6 Å². The second kappa shape index (κ2) is 7.85. The van der Waals surface area contributed by atoms with Crippen molar-refractivity contribution in [2.24, 2.45) is 11.8 Å². The molecule has 0 unspecified atom stereocenters. The Balaban J connectivity index is 1.83. The number of benzene rings is 1. The van der Waals surface area contributed by atoms with E-state index in [1.54, 1.807) is 24.3 Å². The van der Waals surface area contributed by atoms with Crippen LogP contribution >= 0.6 is 22.9 Å². The lowest BCUT2D eigenvalue weighted by Crippen LogP contribution is -2.36. The molecule has 8 heteroatoms. The number of nitriles is 1. The van der Waals surface area contributed by atoms with Crippen molar-refractivity contribution in [1.82, 2.24) is 4.98 Å². The standard InChI is InChI=1S/C18H16ClN3O3S/c19-11-5-3-4-10(8-11)15-14(9-20)26-18(21-15)22-16(23)12-6-1-2-7-13(12)17(24)25/h3-5,8,12-13H,1-2,6-7H2,(H,24,25)(H,21,22,23)/t12-,13-/m0/s1. The molecule has 1 aromatic carbocycles. The first-order valence-electron chi connectivity index (χ1n) is 8.20. The number of aromatic nitrogens is 1. The molecule has 0 aliphatic heterocycles. The molecule has 0 bridgehead atoms. The van der Waals surface area contributed by atoms with Gasteiger partial charge in [0.05, 0.1) is 11.8 Å². The zero-order valence-electron chi connectivity index (χ0n) is 13.7. The summed E-state index contributed by atoms with van der Waals surface area (Å²) in [6.07, 6.45) is 2.69. The molecule has 3 rings (SSSR count). The van der Waals surface area contributed by atoms with Crippen molar-refractivity contribution in [3.63, 3.8) is 0 Å². The van der Waals surface area contributed by atoms with Gasteiger partial charge >= 0.3 is 5.97 Å². The molecule has 0 radical (unpaired) electrons. The van der Waals surface area contributed by atoms with Gasteiger partial charge in [0, 0.05) is 10.6 Å². The summed E-state index contributed by atoms with van der Waals surface area (Å²) in [5, 5.41) is 22.2. The quantitative estimate of drug-likeness (QED) is 0.816. The van der Waals surface area contributed by atoms with Gasteiger partial charge in [-0.15, -0.1) is 0 Å². The molecule has 1 saturated carbocycles. The van der Waals surface area contributed by atoms with E-state index in [2.05, 4.69) is 16.4 Å². The second-order valence-electron chi connectivity index (χ2n) is 6.14. The Morgan fingerprint density at radius 2 is 2.04 bits per heavy atom. The second-order valence-corrected chi connectivity index (χ2v) is 7.58. The topological polar surface area (TPSA) is 103 Å². The van der Waals surface area contributed by atoms with Crippen LogP contribution in [0.1, 0.15) is 30.6 Å². The summed E-state index contributed by atoms with van der Waals surface area (Å²) in [7, 11) is 0. The lowest BCUT2D eigenvalue weighted by Gasteiger charge is -2.26. The molecular weight excluding hydrogens is 374 g/mol. The van der Waals surface area contributed by atoms with Crippen molar-refractivity contribution >= 4 is 39.9 Å².